The highest BCUT2D eigenvalue weighted by atomic mass is 127. The van der Waals surface area contributed by atoms with E-state index in [4.69, 9.17) is 9.41 Å². The van der Waals surface area contributed by atoms with Crippen LogP contribution in [0.3, 0.4) is 0 Å². The second kappa shape index (κ2) is 15.2. The SMILES string of the molecule is CNC(=O)CN1CCC(NC(=NCCc2ccco2)NCCSc2ccccc2)CC1.I. The van der Waals surface area contributed by atoms with Crippen molar-refractivity contribution in [2.75, 3.05) is 45.5 Å². The number of benzene rings is 1. The maximum Gasteiger partial charge on any atom is 0.233 e. The van der Waals surface area contributed by atoms with E-state index >= 15 is 0 Å². The molecule has 7 nitrogen and oxygen atoms in total. The second-order valence-electron chi connectivity index (χ2n) is 7.52. The molecule has 3 rings (SSSR count). The van der Waals surface area contributed by atoms with Crippen LogP contribution in [0, 0.1) is 0 Å². The van der Waals surface area contributed by atoms with Gasteiger partial charge in [0.2, 0.25) is 5.91 Å². The van der Waals surface area contributed by atoms with E-state index in [1.807, 2.05) is 30.0 Å². The Morgan fingerprint density at radius 1 is 1.19 bits per heavy atom. The van der Waals surface area contributed by atoms with Crippen molar-refractivity contribution in [3.63, 3.8) is 0 Å². The number of piperidine rings is 1. The van der Waals surface area contributed by atoms with Gasteiger partial charge in [0.15, 0.2) is 5.96 Å². The first kappa shape index (κ1) is 26.5. The van der Waals surface area contributed by atoms with E-state index in [0.717, 1.165) is 56.4 Å². The van der Waals surface area contributed by atoms with Gasteiger partial charge in [0.25, 0.3) is 0 Å². The summed E-state index contributed by atoms with van der Waals surface area (Å²) in [5.41, 5.74) is 0. The first-order valence-corrected chi connectivity index (χ1v) is 11.9. The lowest BCUT2D eigenvalue weighted by atomic mass is 10.1. The minimum Gasteiger partial charge on any atom is -0.469 e. The molecule has 1 aliphatic rings. The molecule has 0 bridgehead atoms. The van der Waals surface area contributed by atoms with Gasteiger partial charge < -0.3 is 20.4 Å². The number of furan rings is 1. The maximum absolute atomic E-state index is 11.6. The second-order valence-corrected chi connectivity index (χ2v) is 8.68. The number of nitrogens with one attached hydrogen (secondary N) is 3. The van der Waals surface area contributed by atoms with Gasteiger partial charge in [-0.05, 0) is 37.1 Å². The van der Waals surface area contributed by atoms with Crippen LogP contribution in [0.2, 0.25) is 0 Å². The number of guanidine groups is 1. The van der Waals surface area contributed by atoms with E-state index in [-0.39, 0.29) is 29.9 Å². The molecular weight excluding hydrogens is 537 g/mol. The fourth-order valence-electron chi connectivity index (χ4n) is 3.45. The number of hydrogen-bond acceptors (Lipinski definition) is 5. The number of amides is 1. The summed E-state index contributed by atoms with van der Waals surface area (Å²) in [5.74, 6) is 2.84. The van der Waals surface area contributed by atoms with Crippen molar-refractivity contribution in [1.29, 1.82) is 0 Å². The lowest BCUT2D eigenvalue weighted by Gasteiger charge is -2.32. The third-order valence-corrected chi connectivity index (χ3v) is 6.20. The van der Waals surface area contributed by atoms with Crippen LogP contribution < -0.4 is 16.0 Å². The molecule has 1 aliphatic heterocycles. The van der Waals surface area contributed by atoms with Gasteiger partial charge in [-0.25, -0.2) is 0 Å². The molecule has 0 spiro atoms. The number of carbonyl (C=O) groups excluding carboxylic acids is 1. The van der Waals surface area contributed by atoms with Gasteiger partial charge in [0.1, 0.15) is 5.76 Å². The quantitative estimate of drug-likeness (QED) is 0.134. The lowest BCUT2D eigenvalue weighted by Crippen LogP contribution is -2.50. The Morgan fingerprint density at radius 2 is 1.97 bits per heavy atom. The molecule has 1 aromatic heterocycles. The summed E-state index contributed by atoms with van der Waals surface area (Å²) in [7, 11) is 1.68. The van der Waals surface area contributed by atoms with Gasteiger partial charge in [0, 0.05) is 56.3 Å². The number of likely N-dealkylation sites (N-methyl/N-ethyl adjacent to an activating group) is 1. The van der Waals surface area contributed by atoms with Crippen LogP contribution in [0.25, 0.3) is 0 Å². The number of nitrogens with zero attached hydrogens (tertiary/aromatic N) is 2. The number of thioether (sulfide) groups is 1. The molecule has 1 aromatic carbocycles. The van der Waals surface area contributed by atoms with E-state index in [1.165, 1.54) is 4.90 Å². The van der Waals surface area contributed by atoms with E-state index in [0.29, 0.717) is 19.1 Å². The van der Waals surface area contributed by atoms with Crippen molar-refractivity contribution in [2.45, 2.75) is 30.2 Å². The van der Waals surface area contributed by atoms with Crippen molar-refractivity contribution in [1.82, 2.24) is 20.9 Å². The number of hydrogen-bond donors (Lipinski definition) is 3. The van der Waals surface area contributed by atoms with Crippen LogP contribution >= 0.6 is 35.7 Å². The molecule has 0 atom stereocenters. The zero-order chi connectivity index (χ0) is 21.7. The monoisotopic (exact) mass is 571 g/mol. The number of likely N-dealkylation sites (tertiary alicyclic amines) is 1. The predicted molar refractivity (Wildman–Crippen MR) is 142 cm³/mol. The molecule has 176 valence electrons. The third kappa shape index (κ3) is 9.83. The molecule has 3 N–H and O–H groups in total. The van der Waals surface area contributed by atoms with Crippen LogP contribution in [0.15, 0.2) is 63.0 Å². The highest BCUT2D eigenvalue weighted by Crippen LogP contribution is 2.15. The Kier molecular flexibility index (Phi) is 12.6. The van der Waals surface area contributed by atoms with Gasteiger partial charge in [-0.15, -0.1) is 35.7 Å². The summed E-state index contributed by atoms with van der Waals surface area (Å²) in [5, 5.41) is 9.77. The average Bonchev–Trinajstić information content (AvgIpc) is 3.32. The zero-order valence-electron chi connectivity index (χ0n) is 18.6. The number of halogens is 1. The molecule has 1 fully saturated rings. The lowest BCUT2D eigenvalue weighted by molar-refractivity contribution is -0.122. The van der Waals surface area contributed by atoms with Gasteiger partial charge >= 0.3 is 0 Å². The molecule has 0 unspecified atom stereocenters. The Balaban J connectivity index is 0.00000363. The fourth-order valence-corrected chi connectivity index (χ4v) is 4.24. The topological polar surface area (TPSA) is 81.9 Å². The van der Waals surface area contributed by atoms with E-state index < -0.39 is 0 Å². The fraction of sp³-hybridized carbons (Fsp3) is 0.478. The van der Waals surface area contributed by atoms with E-state index in [1.54, 1.807) is 13.3 Å². The predicted octanol–water partition coefficient (Wildman–Crippen LogP) is 2.98. The van der Waals surface area contributed by atoms with Crippen LogP contribution in [0.4, 0.5) is 0 Å². The summed E-state index contributed by atoms with van der Waals surface area (Å²) in [6, 6.07) is 14.7. The van der Waals surface area contributed by atoms with Gasteiger partial charge in [-0.2, -0.15) is 0 Å². The van der Waals surface area contributed by atoms with Gasteiger partial charge in [0.05, 0.1) is 12.8 Å². The van der Waals surface area contributed by atoms with Crippen LogP contribution in [0.5, 0.6) is 0 Å². The third-order valence-electron chi connectivity index (χ3n) is 5.19. The molecule has 2 heterocycles. The van der Waals surface area contributed by atoms with Crippen molar-refractivity contribution in [3.05, 3.63) is 54.5 Å². The standard InChI is InChI=1S/C23H33N5O2S.HI/c1-24-22(29)18-28-14-10-19(11-15-28)27-23(25-12-9-20-6-5-16-30-20)26-13-17-31-21-7-3-2-4-8-21;/h2-8,16,19H,9-15,17-18H2,1H3,(H,24,29)(H2,25,26,27);1H. The molecular formula is C23H34IN5O2S. The van der Waals surface area contributed by atoms with Crippen molar-refractivity contribution >= 4 is 47.6 Å². The molecule has 1 amide bonds. The Labute approximate surface area is 212 Å². The average molecular weight is 572 g/mol. The zero-order valence-corrected chi connectivity index (χ0v) is 21.7. The Bertz CT molecular complexity index is 796. The maximum atomic E-state index is 11.6. The Morgan fingerprint density at radius 3 is 2.66 bits per heavy atom. The molecule has 0 saturated carbocycles. The Hall–Kier alpha value is -1.72. The van der Waals surface area contributed by atoms with Crippen molar-refractivity contribution in [2.24, 2.45) is 4.99 Å². The summed E-state index contributed by atoms with van der Waals surface area (Å²) in [6.07, 6.45) is 4.47. The number of rotatable bonds is 10. The minimum absolute atomic E-state index is 0. The molecule has 0 radical (unpaired) electrons. The minimum atomic E-state index is 0. The summed E-state index contributed by atoms with van der Waals surface area (Å²) in [4.78, 5) is 19.8. The van der Waals surface area contributed by atoms with E-state index in [9.17, 15) is 4.79 Å². The molecule has 32 heavy (non-hydrogen) atoms. The molecule has 0 aliphatic carbocycles. The van der Waals surface area contributed by atoms with Gasteiger partial charge in [-0.3, -0.25) is 14.7 Å². The molecule has 9 heteroatoms. The highest BCUT2D eigenvalue weighted by Gasteiger charge is 2.21. The highest BCUT2D eigenvalue weighted by molar-refractivity contribution is 14.0. The van der Waals surface area contributed by atoms with Crippen LogP contribution in [-0.2, 0) is 11.2 Å². The summed E-state index contributed by atoms with van der Waals surface area (Å²) >= 11 is 1.83. The van der Waals surface area contributed by atoms with Crippen molar-refractivity contribution < 1.29 is 9.21 Å². The molecule has 2 aromatic rings. The number of aliphatic imine (C=N–C) groups is 1. The molecule has 1 saturated heterocycles. The van der Waals surface area contributed by atoms with E-state index in [2.05, 4.69) is 45.1 Å². The van der Waals surface area contributed by atoms with Gasteiger partial charge in [-0.1, -0.05) is 18.2 Å². The normalized spacial score (nSPS) is 15.1. The first-order chi connectivity index (χ1) is 15.2. The van der Waals surface area contributed by atoms with Crippen LogP contribution in [-0.4, -0.2) is 68.3 Å². The summed E-state index contributed by atoms with van der Waals surface area (Å²) < 4.78 is 5.41. The number of carbonyl (C=O) groups is 1. The summed E-state index contributed by atoms with van der Waals surface area (Å²) in [6.45, 7) is 3.80. The van der Waals surface area contributed by atoms with Crippen molar-refractivity contribution in [3.8, 4) is 0 Å². The smallest absolute Gasteiger partial charge is 0.233 e. The largest absolute Gasteiger partial charge is 0.469 e. The first-order valence-electron chi connectivity index (χ1n) is 10.9. The van der Waals surface area contributed by atoms with Crippen LogP contribution in [0.1, 0.15) is 18.6 Å².